The Morgan fingerprint density at radius 1 is 1.45 bits per heavy atom. The first-order valence-electron chi connectivity index (χ1n) is 7.20. The van der Waals surface area contributed by atoms with Gasteiger partial charge in [0.2, 0.25) is 0 Å². The van der Waals surface area contributed by atoms with Crippen LogP contribution in [0.15, 0.2) is 12.3 Å². The van der Waals surface area contributed by atoms with Crippen molar-refractivity contribution in [1.29, 1.82) is 0 Å². The first-order chi connectivity index (χ1) is 9.63. The van der Waals surface area contributed by atoms with Gasteiger partial charge in [-0.05, 0) is 31.7 Å². The summed E-state index contributed by atoms with van der Waals surface area (Å²) < 4.78 is 13.4. The van der Waals surface area contributed by atoms with Gasteiger partial charge in [-0.25, -0.2) is 9.37 Å². The third-order valence-electron chi connectivity index (χ3n) is 3.36. The van der Waals surface area contributed by atoms with Gasteiger partial charge in [0.05, 0.1) is 6.20 Å². The highest BCUT2D eigenvalue weighted by atomic mass is 32.2. The van der Waals surface area contributed by atoms with Gasteiger partial charge < -0.3 is 10.2 Å². The average Bonchev–Trinajstić information content (AvgIpc) is 2.44. The Morgan fingerprint density at radius 3 is 2.80 bits per heavy atom. The van der Waals surface area contributed by atoms with Crippen molar-refractivity contribution in [3.05, 3.63) is 23.6 Å². The molecular formula is C15H26FN3S. The van der Waals surface area contributed by atoms with E-state index in [1.54, 1.807) is 6.07 Å². The topological polar surface area (TPSA) is 28.2 Å². The smallest absolute Gasteiger partial charge is 0.141 e. The Bertz CT molecular complexity index is 401. The summed E-state index contributed by atoms with van der Waals surface area (Å²) in [4.78, 5) is 6.49. The third-order valence-corrected chi connectivity index (χ3v) is 4.08. The summed E-state index contributed by atoms with van der Waals surface area (Å²) in [5.74, 6) is 1.66. The van der Waals surface area contributed by atoms with E-state index < -0.39 is 0 Å². The van der Waals surface area contributed by atoms with Crippen LogP contribution in [-0.2, 0) is 6.54 Å². The molecule has 1 N–H and O–H groups in total. The Kier molecular flexibility index (Phi) is 7.92. The van der Waals surface area contributed by atoms with Gasteiger partial charge in [-0.2, -0.15) is 11.8 Å². The van der Waals surface area contributed by atoms with Crippen molar-refractivity contribution in [2.24, 2.45) is 0 Å². The molecule has 1 rings (SSSR count). The van der Waals surface area contributed by atoms with Gasteiger partial charge in [0.15, 0.2) is 0 Å². The molecule has 1 unspecified atom stereocenters. The summed E-state index contributed by atoms with van der Waals surface area (Å²) in [6, 6.07) is 2.01. The van der Waals surface area contributed by atoms with Crippen LogP contribution in [0.3, 0.4) is 0 Å². The van der Waals surface area contributed by atoms with E-state index in [1.165, 1.54) is 6.20 Å². The van der Waals surface area contributed by atoms with Gasteiger partial charge in [0, 0.05) is 31.0 Å². The summed E-state index contributed by atoms with van der Waals surface area (Å²) in [6.45, 7) is 5.89. The molecule has 0 amide bonds. The number of thioether (sulfide) groups is 1. The lowest BCUT2D eigenvalue weighted by atomic mass is 10.2. The zero-order chi connectivity index (χ0) is 15.0. The fourth-order valence-corrected chi connectivity index (χ4v) is 3.03. The summed E-state index contributed by atoms with van der Waals surface area (Å²) >= 11 is 1.83. The van der Waals surface area contributed by atoms with Gasteiger partial charge >= 0.3 is 0 Å². The van der Waals surface area contributed by atoms with Crippen LogP contribution in [0.1, 0.15) is 32.3 Å². The fraction of sp³-hybridized carbons (Fsp3) is 0.667. The van der Waals surface area contributed by atoms with Crippen LogP contribution >= 0.6 is 11.8 Å². The number of pyridine rings is 1. The maximum atomic E-state index is 13.4. The number of nitrogens with zero attached hydrogens (tertiary/aromatic N) is 2. The van der Waals surface area contributed by atoms with E-state index in [-0.39, 0.29) is 5.82 Å². The van der Waals surface area contributed by atoms with Crippen LogP contribution < -0.4 is 10.2 Å². The summed E-state index contributed by atoms with van der Waals surface area (Å²) in [7, 11) is 2.05. The predicted molar refractivity (Wildman–Crippen MR) is 87.1 cm³/mol. The minimum atomic E-state index is -0.270. The number of hydrogen-bond acceptors (Lipinski definition) is 4. The molecule has 0 aliphatic rings. The van der Waals surface area contributed by atoms with E-state index in [2.05, 4.69) is 35.3 Å². The van der Waals surface area contributed by atoms with Crippen LogP contribution in [0.4, 0.5) is 10.2 Å². The summed E-state index contributed by atoms with van der Waals surface area (Å²) in [5, 5.41) is 3.32. The quantitative estimate of drug-likeness (QED) is 0.708. The predicted octanol–water partition coefficient (Wildman–Crippen LogP) is 3.30. The van der Waals surface area contributed by atoms with Gasteiger partial charge in [-0.15, -0.1) is 0 Å². The molecule has 0 spiro atoms. The van der Waals surface area contributed by atoms with Gasteiger partial charge in [0.25, 0.3) is 0 Å². The molecule has 0 fully saturated rings. The van der Waals surface area contributed by atoms with Crippen molar-refractivity contribution in [2.75, 3.05) is 30.5 Å². The number of nitrogens with one attached hydrogen (secondary N) is 1. The Balaban J connectivity index is 2.90. The van der Waals surface area contributed by atoms with Crippen LogP contribution in [0.25, 0.3) is 0 Å². The molecule has 1 heterocycles. The number of halogens is 1. The first kappa shape index (κ1) is 17.2. The maximum absolute atomic E-state index is 13.4. The molecule has 0 saturated heterocycles. The second kappa shape index (κ2) is 9.19. The minimum absolute atomic E-state index is 0.270. The lowest BCUT2D eigenvalue weighted by molar-refractivity contribution is 0.604. The monoisotopic (exact) mass is 299 g/mol. The van der Waals surface area contributed by atoms with Crippen LogP contribution in [0.5, 0.6) is 0 Å². The Hall–Kier alpha value is -0.810. The van der Waals surface area contributed by atoms with Crippen molar-refractivity contribution < 1.29 is 4.39 Å². The number of rotatable bonds is 9. The van der Waals surface area contributed by atoms with Gasteiger partial charge in [-0.3, -0.25) is 0 Å². The normalized spacial score (nSPS) is 12.4. The van der Waals surface area contributed by atoms with Crippen LogP contribution in [0.2, 0.25) is 0 Å². The molecule has 3 nitrogen and oxygen atoms in total. The van der Waals surface area contributed by atoms with E-state index in [4.69, 9.17) is 0 Å². The molecule has 0 bridgehead atoms. The number of anilines is 1. The van der Waals surface area contributed by atoms with Crippen molar-refractivity contribution >= 4 is 17.6 Å². The lowest BCUT2D eigenvalue weighted by Crippen LogP contribution is -2.35. The molecule has 1 aromatic heterocycles. The van der Waals surface area contributed by atoms with E-state index in [1.807, 2.05) is 18.8 Å². The largest absolute Gasteiger partial charge is 0.356 e. The second-order valence-corrected chi connectivity index (χ2v) is 5.85. The second-order valence-electron chi connectivity index (χ2n) is 4.94. The van der Waals surface area contributed by atoms with Crippen LogP contribution in [0, 0.1) is 5.82 Å². The molecule has 0 saturated carbocycles. The van der Waals surface area contributed by atoms with Gasteiger partial charge in [0.1, 0.15) is 11.6 Å². The van der Waals surface area contributed by atoms with Crippen molar-refractivity contribution in [3.8, 4) is 0 Å². The average molecular weight is 299 g/mol. The molecule has 1 aromatic rings. The highest BCUT2D eigenvalue weighted by Gasteiger charge is 2.17. The molecule has 114 valence electrons. The SMILES string of the molecule is CCCNCc1cc(F)cnc1N(C)C(CC)CSC. The van der Waals surface area contributed by atoms with Crippen molar-refractivity contribution in [1.82, 2.24) is 10.3 Å². The van der Waals surface area contributed by atoms with Crippen molar-refractivity contribution in [3.63, 3.8) is 0 Å². The van der Waals surface area contributed by atoms with Crippen molar-refractivity contribution in [2.45, 2.75) is 39.3 Å². The van der Waals surface area contributed by atoms with Crippen LogP contribution in [-0.4, -0.2) is 36.6 Å². The lowest BCUT2D eigenvalue weighted by Gasteiger charge is -2.29. The molecule has 0 radical (unpaired) electrons. The molecule has 0 aliphatic carbocycles. The third kappa shape index (κ3) is 4.94. The molecule has 5 heteroatoms. The molecule has 0 aromatic carbocycles. The highest BCUT2D eigenvalue weighted by Crippen LogP contribution is 2.22. The summed E-state index contributed by atoms with van der Waals surface area (Å²) in [6.07, 6.45) is 5.54. The molecule has 1 atom stereocenters. The molecular weight excluding hydrogens is 273 g/mol. The van der Waals surface area contributed by atoms with E-state index in [0.29, 0.717) is 12.6 Å². The zero-order valence-corrected chi connectivity index (χ0v) is 13.8. The maximum Gasteiger partial charge on any atom is 0.141 e. The van der Waals surface area contributed by atoms with E-state index in [9.17, 15) is 4.39 Å². The van der Waals surface area contributed by atoms with E-state index in [0.717, 1.165) is 36.5 Å². The van der Waals surface area contributed by atoms with Gasteiger partial charge in [-0.1, -0.05) is 13.8 Å². The molecule has 0 aliphatic heterocycles. The zero-order valence-electron chi connectivity index (χ0n) is 12.9. The summed E-state index contributed by atoms with van der Waals surface area (Å²) in [5.41, 5.74) is 0.931. The Labute approximate surface area is 126 Å². The number of aromatic nitrogens is 1. The first-order valence-corrected chi connectivity index (χ1v) is 8.60. The highest BCUT2D eigenvalue weighted by molar-refractivity contribution is 7.98. The standard InChI is InChI=1S/C15H26FN3S/c1-5-7-17-9-12-8-13(16)10-18-15(12)19(3)14(6-2)11-20-4/h8,10,14,17H,5-7,9,11H2,1-4H3. The molecule has 20 heavy (non-hydrogen) atoms. The minimum Gasteiger partial charge on any atom is -0.356 e. The fourth-order valence-electron chi connectivity index (χ4n) is 2.19. The number of hydrogen-bond donors (Lipinski definition) is 1. The Morgan fingerprint density at radius 2 is 2.20 bits per heavy atom. The van der Waals surface area contributed by atoms with E-state index >= 15 is 0 Å².